The lowest BCUT2D eigenvalue weighted by molar-refractivity contribution is 0.0945. The molecule has 2 atom stereocenters. The first-order chi connectivity index (χ1) is 9.33. The van der Waals surface area contributed by atoms with E-state index in [0.717, 1.165) is 18.8 Å². The maximum Gasteiger partial charge on any atom is 0.251 e. The van der Waals surface area contributed by atoms with E-state index < -0.39 is 0 Å². The summed E-state index contributed by atoms with van der Waals surface area (Å²) in [7, 11) is 0. The van der Waals surface area contributed by atoms with E-state index in [9.17, 15) is 4.79 Å². The van der Waals surface area contributed by atoms with Crippen molar-refractivity contribution in [3.8, 4) is 11.5 Å². The van der Waals surface area contributed by atoms with E-state index in [4.69, 9.17) is 9.47 Å². The van der Waals surface area contributed by atoms with Crippen molar-refractivity contribution >= 4 is 18.3 Å². The van der Waals surface area contributed by atoms with Crippen LogP contribution in [0.3, 0.4) is 0 Å². The average molecular weight is 297 g/mol. The Morgan fingerprint density at radius 3 is 2.60 bits per heavy atom. The fraction of sp³-hybridized carbons (Fsp3) is 0.500. The average Bonchev–Trinajstić information content (AvgIpc) is 2.88. The van der Waals surface area contributed by atoms with Crippen LogP contribution in [-0.2, 0) is 0 Å². The molecule has 1 aromatic carbocycles. The molecule has 1 aromatic rings. The Bertz CT molecular complexity index is 527. The van der Waals surface area contributed by atoms with Crippen molar-refractivity contribution in [2.24, 2.45) is 11.8 Å². The fourth-order valence-corrected chi connectivity index (χ4v) is 3.05. The second-order valence-corrected chi connectivity index (χ2v) is 5.34. The van der Waals surface area contributed by atoms with Gasteiger partial charge in [-0.25, -0.2) is 0 Å². The smallest absolute Gasteiger partial charge is 0.251 e. The van der Waals surface area contributed by atoms with E-state index >= 15 is 0 Å². The Labute approximate surface area is 123 Å². The van der Waals surface area contributed by atoms with Gasteiger partial charge in [-0.1, -0.05) is 0 Å². The minimum Gasteiger partial charge on any atom is -0.486 e. The van der Waals surface area contributed by atoms with Gasteiger partial charge in [-0.05, 0) is 30.0 Å². The normalized spacial score (nSPS) is 29.1. The van der Waals surface area contributed by atoms with Crippen molar-refractivity contribution in [3.05, 3.63) is 23.8 Å². The quantitative estimate of drug-likeness (QED) is 0.849. The van der Waals surface area contributed by atoms with Gasteiger partial charge < -0.3 is 20.1 Å². The van der Waals surface area contributed by atoms with Gasteiger partial charge in [0.15, 0.2) is 11.5 Å². The molecule has 0 bridgehead atoms. The van der Waals surface area contributed by atoms with Gasteiger partial charge in [0.25, 0.3) is 5.91 Å². The van der Waals surface area contributed by atoms with Crippen LogP contribution in [0.5, 0.6) is 11.5 Å². The highest BCUT2D eigenvalue weighted by Crippen LogP contribution is 2.41. The summed E-state index contributed by atoms with van der Waals surface area (Å²) < 4.78 is 10.9. The van der Waals surface area contributed by atoms with E-state index in [2.05, 4.69) is 10.6 Å². The molecule has 20 heavy (non-hydrogen) atoms. The Morgan fingerprint density at radius 1 is 1.15 bits per heavy atom. The minimum absolute atomic E-state index is 0. The lowest BCUT2D eigenvalue weighted by atomic mass is 10.1. The van der Waals surface area contributed by atoms with Gasteiger partial charge in [0.05, 0.1) is 0 Å². The first kappa shape index (κ1) is 13.5. The van der Waals surface area contributed by atoms with Crippen LogP contribution in [0.2, 0.25) is 0 Å². The third kappa shape index (κ3) is 2.21. The van der Waals surface area contributed by atoms with Crippen LogP contribution < -0.4 is 20.1 Å². The lowest BCUT2D eigenvalue weighted by Crippen LogP contribution is -2.32. The predicted molar refractivity (Wildman–Crippen MR) is 75.8 cm³/mol. The zero-order chi connectivity index (χ0) is 12.8. The van der Waals surface area contributed by atoms with Gasteiger partial charge in [-0.2, -0.15) is 0 Å². The van der Waals surface area contributed by atoms with Crippen LogP contribution in [-0.4, -0.2) is 38.3 Å². The van der Waals surface area contributed by atoms with Crippen LogP contribution in [0.4, 0.5) is 0 Å². The zero-order valence-electron chi connectivity index (χ0n) is 10.9. The molecule has 2 N–H and O–H groups in total. The topological polar surface area (TPSA) is 59.6 Å². The van der Waals surface area contributed by atoms with Crippen LogP contribution in [0.1, 0.15) is 10.4 Å². The van der Waals surface area contributed by atoms with Gasteiger partial charge in [0.2, 0.25) is 0 Å². The number of rotatable bonds is 2. The maximum absolute atomic E-state index is 12.2. The number of halogens is 1. The summed E-state index contributed by atoms with van der Waals surface area (Å²) in [6.45, 7) is 3.15. The Hall–Kier alpha value is -1.46. The third-order valence-corrected chi connectivity index (χ3v) is 4.19. The van der Waals surface area contributed by atoms with E-state index in [1.807, 2.05) is 0 Å². The van der Waals surface area contributed by atoms with Gasteiger partial charge >= 0.3 is 0 Å². The number of carbonyl (C=O) groups excluding carboxylic acids is 1. The summed E-state index contributed by atoms with van der Waals surface area (Å²) >= 11 is 0. The van der Waals surface area contributed by atoms with Gasteiger partial charge in [-0.15, -0.1) is 12.4 Å². The van der Waals surface area contributed by atoms with Crippen LogP contribution in [0.25, 0.3) is 0 Å². The molecule has 0 spiro atoms. The molecule has 2 aliphatic heterocycles. The summed E-state index contributed by atoms with van der Waals surface area (Å²) in [5, 5.41) is 6.42. The molecule has 1 amide bonds. The van der Waals surface area contributed by atoms with E-state index in [-0.39, 0.29) is 18.3 Å². The van der Waals surface area contributed by atoms with E-state index in [1.165, 1.54) is 0 Å². The SMILES string of the molecule is Cl.O=C(NC1C2CNCC21)c1ccc2c(c1)OCCO2. The van der Waals surface area contributed by atoms with Crippen LogP contribution >= 0.6 is 12.4 Å². The van der Waals surface area contributed by atoms with Crippen LogP contribution in [0, 0.1) is 11.8 Å². The van der Waals surface area contributed by atoms with Crippen molar-refractivity contribution in [2.75, 3.05) is 26.3 Å². The summed E-state index contributed by atoms with van der Waals surface area (Å²) in [6.07, 6.45) is 0. The van der Waals surface area contributed by atoms with Crippen molar-refractivity contribution in [3.63, 3.8) is 0 Å². The maximum atomic E-state index is 12.2. The number of hydrogen-bond donors (Lipinski definition) is 2. The zero-order valence-corrected chi connectivity index (χ0v) is 11.7. The molecule has 6 heteroatoms. The molecular weight excluding hydrogens is 280 g/mol. The first-order valence-electron chi connectivity index (χ1n) is 6.74. The molecule has 3 aliphatic rings. The highest BCUT2D eigenvalue weighted by Gasteiger charge is 2.53. The molecule has 2 fully saturated rings. The second kappa shape index (κ2) is 5.14. The summed E-state index contributed by atoms with van der Waals surface area (Å²) in [4.78, 5) is 12.2. The molecule has 108 valence electrons. The van der Waals surface area contributed by atoms with Crippen molar-refractivity contribution in [1.82, 2.24) is 10.6 Å². The number of hydrogen-bond acceptors (Lipinski definition) is 4. The molecule has 0 radical (unpaired) electrons. The molecule has 1 aliphatic carbocycles. The van der Waals surface area contributed by atoms with E-state index in [1.54, 1.807) is 18.2 Å². The van der Waals surface area contributed by atoms with E-state index in [0.29, 0.717) is 42.4 Å². The summed E-state index contributed by atoms with van der Waals surface area (Å²) in [5.41, 5.74) is 0.641. The molecule has 2 heterocycles. The highest BCUT2D eigenvalue weighted by atomic mass is 35.5. The number of amides is 1. The molecule has 1 saturated carbocycles. The molecule has 2 unspecified atom stereocenters. The molecule has 1 saturated heterocycles. The molecule has 0 aromatic heterocycles. The highest BCUT2D eigenvalue weighted by molar-refractivity contribution is 5.95. The van der Waals surface area contributed by atoms with Crippen molar-refractivity contribution in [2.45, 2.75) is 6.04 Å². The Balaban J connectivity index is 0.00000121. The summed E-state index contributed by atoms with van der Waals surface area (Å²) in [5.74, 6) is 2.62. The number of benzene rings is 1. The fourth-order valence-electron chi connectivity index (χ4n) is 3.05. The number of piperidine rings is 1. The Kier molecular flexibility index (Phi) is 3.48. The Morgan fingerprint density at radius 2 is 1.85 bits per heavy atom. The number of nitrogens with one attached hydrogen (secondary N) is 2. The van der Waals surface area contributed by atoms with Crippen LogP contribution in [0.15, 0.2) is 18.2 Å². The van der Waals surface area contributed by atoms with Gasteiger partial charge in [-0.3, -0.25) is 4.79 Å². The summed E-state index contributed by atoms with van der Waals surface area (Å²) in [6, 6.07) is 5.71. The monoisotopic (exact) mass is 296 g/mol. The second-order valence-electron chi connectivity index (χ2n) is 5.34. The predicted octanol–water partition coefficient (Wildman–Crippen LogP) is 0.827. The third-order valence-electron chi connectivity index (χ3n) is 4.19. The molecule has 4 rings (SSSR count). The van der Waals surface area contributed by atoms with Crippen molar-refractivity contribution < 1.29 is 14.3 Å². The largest absolute Gasteiger partial charge is 0.486 e. The molecule has 5 nitrogen and oxygen atoms in total. The first-order valence-corrected chi connectivity index (χ1v) is 6.74. The van der Waals surface area contributed by atoms with Gasteiger partial charge in [0, 0.05) is 24.7 Å². The number of fused-ring (bicyclic) bond motifs is 2. The molecular formula is C14H17ClN2O3. The van der Waals surface area contributed by atoms with Gasteiger partial charge in [0.1, 0.15) is 13.2 Å². The number of carbonyl (C=O) groups is 1. The lowest BCUT2D eigenvalue weighted by Gasteiger charge is -2.18. The standard InChI is InChI=1S/C14H16N2O3.ClH/c17-14(16-13-9-6-15-7-10(9)13)8-1-2-11-12(5-8)19-4-3-18-11;/h1-2,5,9-10,13,15H,3-4,6-7H2,(H,16,17);1H. The van der Waals surface area contributed by atoms with Crippen molar-refractivity contribution in [1.29, 1.82) is 0 Å². The minimum atomic E-state index is -0.0172. The number of ether oxygens (including phenoxy) is 2.